The number of methoxy groups -OCH3 is 1. The number of nitrogens with zero attached hydrogens (tertiary/aromatic N) is 1. The Hall–Kier alpha value is -2.26. The molecule has 1 aliphatic rings. The van der Waals surface area contributed by atoms with E-state index >= 15 is 0 Å². The van der Waals surface area contributed by atoms with Crippen molar-refractivity contribution in [3.05, 3.63) is 42.1 Å². The van der Waals surface area contributed by atoms with E-state index in [-0.39, 0.29) is 22.6 Å². The van der Waals surface area contributed by atoms with Gasteiger partial charge in [-0.05, 0) is 18.2 Å². The highest BCUT2D eigenvalue weighted by Gasteiger charge is 2.57. The SMILES string of the molecule is COc1cccc([C@@H]2Oc3cccc(OS(=O)(=O)C(F)(F)F)c3[P@]2(=O)C(C)(C)C)n1. The van der Waals surface area contributed by atoms with Crippen LogP contribution in [0.5, 0.6) is 17.4 Å². The summed E-state index contributed by atoms with van der Waals surface area (Å²) in [4.78, 5) is 4.25. The van der Waals surface area contributed by atoms with Gasteiger partial charge in [0, 0.05) is 11.2 Å². The lowest BCUT2D eigenvalue weighted by atomic mass is 10.3. The minimum absolute atomic E-state index is 0.0299. The standard InChI is InChI=1S/C18H19F3NO6PS/c1-17(2,3)29(23)15-12(27-16(29)11-7-5-10-14(22-11)26-4)8-6-9-13(15)28-30(24,25)18(19,20)21/h5-10,16H,1-4H3/t16-,29-/m1/s1. The second-order valence-corrected chi connectivity index (χ2v) is 12.6. The van der Waals surface area contributed by atoms with Crippen LogP contribution in [0.1, 0.15) is 32.3 Å². The number of fused-ring (bicyclic) bond motifs is 1. The molecule has 3 rings (SSSR count). The largest absolute Gasteiger partial charge is 0.534 e. The molecule has 0 unspecified atom stereocenters. The number of ether oxygens (including phenoxy) is 2. The molecule has 2 heterocycles. The number of rotatable bonds is 4. The molecule has 0 fully saturated rings. The number of alkyl halides is 3. The van der Waals surface area contributed by atoms with Crippen molar-refractivity contribution in [2.24, 2.45) is 0 Å². The number of hydrogen-bond acceptors (Lipinski definition) is 7. The average Bonchev–Trinajstić information content (AvgIpc) is 2.95. The highest BCUT2D eigenvalue weighted by atomic mass is 32.2. The van der Waals surface area contributed by atoms with E-state index in [0.717, 1.165) is 6.07 Å². The summed E-state index contributed by atoms with van der Waals surface area (Å²) >= 11 is 0. The van der Waals surface area contributed by atoms with Crippen LogP contribution in [-0.2, 0) is 14.7 Å². The molecule has 2 atom stereocenters. The molecule has 1 aliphatic heterocycles. The Labute approximate surface area is 171 Å². The second-order valence-electron chi connectivity index (χ2n) is 7.49. The van der Waals surface area contributed by atoms with E-state index < -0.39 is 39.5 Å². The van der Waals surface area contributed by atoms with Crippen LogP contribution in [0, 0.1) is 0 Å². The molecular weight excluding hydrogens is 446 g/mol. The molecule has 2 aromatic rings. The fourth-order valence-electron chi connectivity index (χ4n) is 3.08. The van der Waals surface area contributed by atoms with Crippen LogP contribution in [0.4, 0.5) is 13.2 Å². The lowest BCUT2D eigenvalue weighted by Gasteiger charge is -2.32. The molecule has 0 radical (unpaired) electrons. The Kier molecular flexibility index (Phi) is 5.35. The summed E-state index contributed by atoms with van der Waals surface area (Å²) in [5.74, 6) is -1.66. The Bertz CT molecular complexity index is 1130. The van der Waals surface area contributed by atoms with Gasteiger partial charge in [0.25, 0.3) is 0 Å². The van der Waals surface area contributed by atoms with Crippen molar-refractivity contribution < 1.29 is 39.8 Å². The maximum atomic E-state index is 14.4. The topological polar surface area (TPSA) is 91.8 Å². The minimum atomic E-state index is -5.97. The van der Waals surface area contributed by atoms with E-state index in [0.29, 0.717) is 0 Å². The zero-order valence-corrected chi connectivity index (χ0v) is 18.1. The van der Waals surface area contributed by atoms with Gasteiger partial charge in [-0.1, -0.05) is 32.9 Å². The monoisotopic (exact) mass is 465 g/mol. The summed E-state index contributed by atoms with van der Waals surface area (Å²) in [5, 5.41) is -1.24. The zero-order chi connectivity index (χ0) is 22.5. The third kappa shape index (κ3) is 3.54. The Morgan fingerprint density at radius 2 is 1.73 bits per heavy atom. The van der Waals surface area contributed by atoms with Crippen LogP contribution in [0.15, 0.2) is 36.4 Å². The Morgan fingerprint density at radius 3 is 2.30 bits per heavy atom. The van der Waals surface area contributed by atoms with Gasteiger partial charge in [-0.3, -0.25) is 0 Å². The van der Waals surface area contributed by atoms with Crippen molar-refractivity contribution in [3.63, 3.8) is 0 Å². The van der Waals surface area contributed by atoms with E-state index in [1.165, 1.54) is 19.2 Å². The van der Waals surface area contributed by atoms with Crippen molar-refractivity contribution in [3.8, 4) is 17.4 Å². The van der Waals surface area contributed by atoms with Crippen molar-refractivity contribution in [1.29, 1.82) is 0 Å². The second kappa shape index (κ2) is 7.16. The first kappa shape index (κ1) is 22.4. The summed E-state index contributed by atoms with van der Waals surface area (Å²) in [6.45, 7) is 4.86. The summed E-state index contributed by atoms with van der Waals surface area (Å²) in [6.07, 6.45) is 0. The molecule has 0 amide bonds. The van der Waals surface area contributed by atoms with Gasteiger partial charge in [0.15, 0.2) is 18.7 Å². The van der Waals surface area contributed by atoms with Gasteiger partial charge in [0.1, 0.15) is 11.1 Å². The predicted molar refractivity (Wildman–Crippen MR) is 103 cm³/mol. The lowest BCUT2D eigenvalue weighted by molar-refractivity contribution is -0.0499. The van der Waals surface area contributed by atoms with Crippen LogP contribution in [-0.4, -0.2) is 31.2 Å². The van der Waals surface area contributed by atoms with Gasteiger partial charge < -0.3 is 18.2 Å². The number of hydrogen-bond donors (Lipinski definition) is 0. The average molecular weight is 465 g/mol. The normalized spacial score (nSPS) is 21.6. The highest BCUT2D eigenvalue weighted by Crippen LogP contribution is 2.72. The molecule has 0 aliphatic carbocycles. The van der Waals surface area contributed by atoms with Crippen LogP contribution < -0.4 is 19.0 Å². The quantitative estimate of drug-likeness (QED) is 0.380. The molecule has 0 bridgehead atoms. The van der Waals surface area contributed by atoms with Gasteiger partial charge in [0.2, 0.25) is 5.88 Å². The molecule has 7 nitrogen and oxygen atoms in total. The molecule has 1 aromatic carbocycles. The summed E-state index contributed by atoms with van der Waals surface area (Å²) in [6, 6.07) is 8.38. The van der Waals surface area contributed by atoms with Crippen LogP contribution >= 0.6 is 7.14 Å². The first-order valence-corrected chi connectivity index (χ1v) is 11.8. The fourth-order valence-corrected chi connectivity index (χ4v) is 6.91. The van der Waals surface area contributed by atoms with Crippen LogP contribution in [0.2, 0.25) is 0 Å². The lowest BCUT2D eigenvalue weighted by Crippen LogP contribution is -2.31. The third-order valence-corrected chi connectivity index (χ3v) is 9.64. The molecule has 1 aromatic heterocycles. The van der Waals surface area contributed by atoms with Crippen molar-refractivity contribution in [2.75, 3.05) is 7.11 Å². The number of pyridine rings is 1. The third-order valence-electron chi connectivity index (χ3n) is 4.55. The highest BCUT2D eigenvalue weighted by molar-refractivity contribution is 7.88. The van der Waals surface area contributed by atoms with Crippen LogP contribution in [0.3, 0.4) is 0 Å². The Balaban J connectivity index is 2.22. The molecule has 30 heavy (non-hydrogen) atoms. The zero-order valence-electron chi connectivity index (χ0n) is 16.4. The molecular formula is C18H19F3NO6PS. The van der Waals surface area contributed by atoms with Gasteiger partial charge in [-0.2, -0.15) is 21.6 Å². The van der Waals surface area contributed by atoms with E-state index in [1.807, 2.05) is 0 Å². The maximum absolute atomic E-state index is 14.4. The number of benzene rings is 1. The van der Waals surface area contributed by atoms with E-state index in [2.05, 4.69) is 9.17 Å². The summed E-state index contributed by atoms with van der Waals surface area (Å²) in [7, 11) is -8.36. The summed E-state index contributed by atoms with van der Waals surface area (Å²) < 4.78 is 91.6. The van der Waals surface area contributed by atoms with Crippen molar-refractivity contribution in [2.45, 2.75) is 37.3 Å². The van der Waals surface area contributed by atoms with Gasteiger partial charge in [-0.25, -0.2) is 4.98 Å². The molecule has 0 saturated heterocycles. The van der Waals surface area contributed by atoms with Crippen LogP contribution in [0.25, 0.3) is 0 Å². The smallest absolute Gasteiger partial charge is 0.481 e. The molecule has 12 heteroatoms. The van der Waals surface area contributed by atoms with Crippen molar-refractivity contribution >= 4 is 22.6 Å². The first-order valence-electron chi connectivity index (χ1n) is 8.64. The maximum Gasteiger partial charge on any atom is 0.534 e. The van der Waals surface area contributed by atoms with E-state index in [1.54, 1.807) is 39.0 Å². The predicted octanol–water partition coefficient (Wildman–Crippen LogP) is 4.20. The number of halogens is 3. The Morgan fingerprint density at radius 1 is 1.10 bits per heavy atom. The van der Waals surface area contributed by atoms with E-state index in [9.17, 15) is 26.2 Å². The van der Waals surface area contributed by atoms with E-state index in [4.69, 9.17) is 9.47 Å². The fraction of sp³-hybridized carbons (Fsp3) is 0.389. The molecule has 0 saturated carbocycles. The summed E-state index contributed by atoms with van der Waals surface area (Å²) in [5.41, 5.74) is -5.41. The van der Waals surface area contributed by atoms with Crippen molar-refractivity contribution in [1.82, 2.24) is 4.98 Å². The van der Waals surface area contributed by atoms with Gasteiger partial charge >= 0.3 is 15.6 Å². The van der Waals surface area contributed by atoms with Gasteiger partial charge in [0.05, 0.1) is 12.8 Å². The molecule has 164 valence electrons. The first-order chi connectivity index (χ1) is 13.7. The minimum Gasteiger partial charge on any atom is -0.481 e. The van der Waals surface area contributed by atoms with Gasteiger partial charge in [-0.15, -0.1) is 0 Å². The molecule has 0 spiro atoms. The molecule has 0 N–H and O–H groups in total. The number of aromatic nitrogens is 1.